The topological polar surface area (TPSA) is 34.4 Å². The van der Waals surface area contributed by atoms with Crippen LogP contribution in [0.2, 0.25) is 5.02 Å². The Labute approximate surface area is 142 Å². The number of hydrogen-bond donors (Lipinski definition) is 0. The molecule has 0 unspecified atom stereocenters. The number of carbonyl (C=O) groups excluding carboxylic acids is 1. The number of aromatic nitrogens is 1. The second-order valence-corrected chi connectivity index (χ2v) is 6.40. The number of para-hydroxylation sites is 1. The van der Waals surface area contributed by atoms with E-state index in [2.05, 4.69) is 10.9 Å². The fourth-order valence-corrected chi connectivity index (χ4v) is 3.45. The summed E-state index contributed by atoms with van der Waals surface area (Å²) in [5.74, 6) is 2.41. The van der Waals surface area contributed by atoms with Gasteiger partial charge >= 0.3 is 0 Å². The van der Waals surface area contributed by atoms with Crippen LogP contribution < -0.4 is 4.80 Å². The average Bonchev–Trinajstić information content (AvgIpc) is 2.88. The van der Waals surface area contributed by atoms with Crippen LogP contribution in [0.25, 0.3) is 10.2 Å². The van der Waals surface area contributed by atoms with E-state index in [1.807, 2.05) is 41.0 Å². The first-order chi connectivity index (χ1) is 11.2. The standard InChI is InChI=1S/C18H13ClN2OS/c1-2-11-21-15-5-3-4-6-16(15)23-18(21)20-17(22)12-13-7-9-14(19)10-8-13/h1,3-10H,11-12H2. The van der Waals surface area contributed by atoms with Crippen molar-refractivity contribution in [1.82, 2.24) is 4.57 Å². The molecule has 23 heavy (non-hydrogen) atoms. The Morgan fingerprint density at radius 1 is 1.22 bits per heavy atom. The summed E-state index contributed by atoms with van der Waals surface area (Å²) in [6.07, 6.45) is 5.68. The minimum Gasteiger partial charge on any atom is -0.305 e. The van der Waals surface area contributed by atoms with Gasteiger partial charge in [-0.1, -0.05) is 53.1 Å². The van der Waals surface area contributed by atoms with Crippen molar-refractivity contribution in [2.75, 3.05) is 0 Å². The van der Waals surface area contributed by atoms with Crippen molar-refractivity contribution < 1.29 is 4.79 Å². The van der Waals surface area contributed by atoms with E-state index in [9.17, 15) is 4.79 Å². The SMILES string of the molecule is C#CCn1c(=NC(=O)Cc2ccc(Cl)cc2)sc2ccccc21. The Kier molecular flexibility index (Phi) is 4.61. The van der Waals surface area contributed by atoms with Crippen LogP contribution in [0.1, 0.15) is 5.56 Å². The number of rotatable bonds is 3. The Balaban J connectivity index is 1.96. The number of benzene rings is 2. The van der Waals surface area contributed by atoms with E-state index in [1.54, 1.807) is 12.1 Å². The number of carbonyl (C=O) groups is 1. The molecule has 0 N–H and O–H groups in total. The zero-order chi connectivity index (χ0) is 16.2. The summed E-state index contributed by atoms with van der Waals surface area (Å²) >= 11 is 7.31. The molecule has 0 aliphatic rings. The molecule has 3 rings (SSSR count). The number of terminal acetylenes is 1. The first-order valence-corrected chi connectivity index (χ1v) is 8.20. The van der Waals surface area contributed by atoms with Crippen molar-refractivity contribution in [2.24, 2.45) is 4.99 Å². The van der Waals surface area contributed by atoms with E-state index >= 15 is 0 Å². The quantitative estimate of drug-likeness (QED) is 0.670. The number of halogens is 1. The third-order valence-electron chi connectivity index (χ3n) is 3.33. The van der Waals surface area contributed by atoms with Gasteiger partial charge in [-0.05, 0) is 29.8 Å². The van der Waals surface area contributed by atoms with Crippen LogP contribution in [0, 0.1) is 12.3 Å². The second kappa shape index (κ2) is 6.82. The summed E-state index contributed by atoms with van der Waals surface area (Å²) in [6.45, 7) is 0.386. The van der Waals surface area contributed by atoms with E-state index in [-0.39, 0.29) is 12.3 Å². The lowest BCUT2D eigenvalue weighted by atomic mass is 10.1. The van der Waals surface area contributed by atoms with Gasteiger partial charge in [0, 0.05) is 5.02 Å². The van der Waals surface area contributed by atoms with Gasteiger partial charge in [-0.15, -0.1) is 6.42 Å². The molecule has 5 heteroatoms. The molecule has 0 fully saturated rings. The van der Waals surface area contributed by atoms with Crippen molar-refractivity contribution in [2.45, 2.75) is 13.0 Å². The highest BCUT2D eigenvalue weighted by molar-refractivity contribution is 7.16. The lowest BCUT2D eigenvalue weighted by molar-refractivity contribution is -0.117. The average molecular weight is 341 g/mol. The number of amides is 1. The molecule has 0 aliphatic heterocycles. The Hall–Kier alpha value is -2.35. The molecular formula is C18H13ClN2OS. The van der Waals surface area contributed by atoms with Crippen LogP contribution in [0.3, 0.4) is 0 Å². The van der Waals surface area contributed by atoms with Crippen molar-refractivity contribution in [3.8, 4) is 12.3 Å². The lowest BCUT2D eigenvalue weighted by Crippen LogP contribution is -2.17. The van der Waals surface area contributed by atoms with Gasteiger partial charge in [0.2, 0.25) is 0 Å². The van der Waals surface area contributed by atoms with Crippen molar-refractivity contribution in [1.29, 1.82) is 0 Å². The van der Waals surface area contributed by atoms with E-state index in [1.165, 1.54) is 11.3 Å². The number of nitrogens with zero attached hydrogens (tertiary/aromatic N) is 2. The number of fused-ring (bicyclic) bond motifs is 1. The molecule has 0 radical (unpaired) electrons. The molecule has 1 aromatic heterocycles. The molecule has 3 aromatic rings. The zero-order valence-electron chi connectivity index (χ0n) is 12.2. The molecule has 0 saturated carbocycles. The summed E-state index contributed by atoms with van der Waals surface area (Å²) in [7, 11) is 0. The first kappa shape index (κ1) is 15.5. The van der Waals surface area contributed by atoms with Gasteiger partial charge in [-0.25, -0.2) is 0 Å². The van der Waals surface area contributed by atoms with Crippen LogP contribution in [0.15, 0.2) is 53.5 Å². The summed E-state index contributed by atoms with van der Waals surface area (Å²) in [5, 5.41) is 0.648. The molecule has 0 atom stereocenters. The summed E-state index contributed by atoms with van der Waals surface area (Å²) in [6, 6.07) is 15.1. The third kappa shape index (κ3) is 3.53. The maximum absolute atomic E-state index is 12.2. The molecule has 3 nitrogen and oxygen atoms in total. The molecule has 0 bridgehead atoms. The van der Waals surface area contributed by atoms with Gasteiger partial charge in [0.1, 0.15) is 0 Å². The van der Waals surface area contributed by atoms with Crippen LogP contribution in [-0.2, 0) is 17.8 Å². The van der Waals surface area contributed by atoms with Crippen LogP contribution >= 0.6 is 22.9 Å². The largest absolute Gasteiger partial charge is 0.305 e. The predicted molar refractivity (Wildman–Crippen MR) is 94.4 cm³/mol. The van der Waals surface area contributed by atoms with E-state index in [0.29, 0.717) is 16.4 Å². The van der Waals surface area contributed by atoms with Gasteiger partial charge in [0.15, 0.2) is 4.80 Å². The summed E-state index contributed by atoms with van der Waals surface area (Å²) in [5.41, 5.74) is 1.88. The smallest absolute Gasteiger partial charge is 0.252 e. The first-order valence-electron chi connectivity index (χ1n) is 7.01. The van der Waals surface area contributed by atoms with Crippen molar-refractivity contribution in [3.63, 3.8) is 0 Å². The predicted octanol–water partition coefficient (Wildman–Crippen LogP) is 3.66. The Bertz CT molecular complexity index is 961. The van der Waals surface area contributed by atoms with Crippen molar-refractivity contribution >= 4 is 39.1 Å². The fraction of sp³-hybridized carbons (Fsp3) is 0.111. The highest BCUT2D eigenvalue weighted by Crippen LogP contribution is 2.16. The van der Waals surface area contributed by atoms with Gasteiger partial charge in [-0.2, -0.15) is 4.99 Å². The molecule has 2 aromatic carbocycles. The van der Waals surface area contributed by atoms with Gasteiger partial charge in [-0.3, -0.25) is 4.79 Å². The molecule has 0 aliphatic carbocycles. The van der Waals surface area contributed by atoms with Crippen LogP contribution in [-0.4, -0.2) is 10.5 Å². The maximum atomic E-state index is 12.2. The Morgan fingerprint density at radius 3 is 2.70 bits per heavy atom. The normalized spacial score (nSPS) is 11.6. The minimum absolute atomic E-state index is 0.204. The molecule has 1 amide bonds. The monoisotopic (exact) mass is 340 g/mol. The minimum atomic E-state index is -0.204. The van der Waals surface area contributed by atoms with Crippen molar-refractivity contribution in [3.05, 3.63) is 63.9 Å². The number of thiazole rings is 1. The van der Waals surface area contributed by atoms with Crippen LogP contribution in [0.5, 0.6) is 0 Å². The molecule has 0 spiro atoms. The second-order valence-electron chi connectivity index (χ2n) is 4.95. The molecular weight excluding hydrogens is 328 g/mol. The van der Waals surface area contributed by atoms with E-state index < -0.39 is 0 Å². The molecule has 1 heterocycles. The summed E-state index contributed by atoms with van der Waals surface area (Å²) in [4.78, 5) is 17.1. The van der Waals surface area contributed by atoms with Gasteiger partial charge in [0.25, 0.3) is 5.91 Å². The highest BCUT2D eigenvalue weighted by atomic mass is 35.5. The van der Waals surface area contributed by atoms with Gasteiger partial charge in [0.05, 0.1) is 23.2 Å². The van der Waals surface area contributed by atoms with Gasteiger partial charge < -0.3 is 4.57 Å². The van der Waals surface area contributed by atoms with E-state index in [0.717, 1.165) is 15.8 Å². The van der Waals surface area contributed by atoms with Crippen LogP contribution in [0.4, 0.5) is 0 Å². The molecule has 0 saturated heterocycles. The third-order valence-corrected chi connectivity index (χ3v) is 4.64. The summed E-state index contributed by atoms with van der Waals surface area (Å²) < 4.78 is 2.94. The maximum Gasteiger partial charge on any atom is 0.252 e. The zero-order valence-corrected chi connectivity index (χ0v) is 13.8. The highest BCUT2D eigenvalue weighted by Gasteiger charge is 2.07. The molecule has 114 valence electrons. The van der Waals surface area contributed by atoms with E-state index in [4.69, 9.17) is 18.0 Å². The number of hydrogen-bond acceptors (Lipinski definition) is 2. The lowest BCUT2D eigenvalue weighted by Gasteiger charge is -2.00. The Morgan fingerprint density at radius 2 is 1.96 bits per heavy atom. The fourth-order valence-electron chi connectivity index (χ4n) is 2.27.